The van der Waals surface area contributed by atoms with Crippen LogP contribution in [-0.4, -0.2) is 62.0 Å². The molecule has 138 valence electrons. The average Bonchev–Trinajstić information content (AvgIpc) is 2.66. The van der Waals surface area contributed by atoms with Gasteiger partial charge in [-0.1, -0.05) is 13.0 Å². The lowest BCUT2D eigenvalue weighted by atomic mass is 10.1. The summed E-state index contributed by atoms with van der Waals surface area (Å²) >= 11 is 0. The van der Waals surface area contributed by atoms with Crippen LogP contribution in [0.3, 0.4) is 0 Å². The Bertz CT molecular complexity index is 595. The highest BCUT2D eigenvalue weighted by Crippen LogP contribution is 2.28. The lowest BCUT2D eigenvalue weighted by Crippen LogP contribution is -2.50. The van der Waals surface area contributed by atoms with E-state index >= 15 is 0 Å². The summed E-state index contributed by atoms with van der Waals surface area (Å²) in [4.78, 5) is 28.0. The molecule has 0 radical (unpaired) electrons. The first-order valence-electron chi connectivity index (χ1n) is 8.85. The number of amides is 2. The maximum absolute atomic E-state index is 12.4. The molecule has 0 saturated carbocycles. The van der Waals surface area contributed by atoms with Crippen molar-refractivity contribution in [2.45, 2.75) is 32.6 Å². The zero-order chi connectivity index (χ0) is 18.2. The quantitative estimate of drug-likeness (QED) is 0.757. The molecule has 1 aromatic carbocycles. The zero-order valence-corrected chi connectivity index (χ0v) is 15.4. The number of piperazine rings is 1. The fraction of sp³-hybridized carbons (Fsp3) is 0.579. The van der Waals surface area contributed by atoms with Gasteiger partial charge >= 0.3 is 0 Å². The molecule has 1 aliphatic heterocycles. The van der Waals surface area contributed by atoms with Crippen LogP contribution in [0, 0.1) is 0 Å². The third-order valence-corrected chi connectivity index (χ3v) is 4.52. The molecule has 0 aliphatic carbocycles. The average molecular weight is 348 g/mol. The van der Waals surface area contributed by atoms with Gasteiger partial charge in [-0.05, 0) is 30.5 Å². The molecule has 0 N–H and O–H groups in total. The van der Waals surface area contributed by atoms with Gasteiger partial charge in [0.2, 0.25) is 11.8 Å². The molecular weight excluding hydrogens is 320 g/mol. The number of ether oxygens (including phenoxy) is 2. The van der Waals surface area contributed by atoms with Crippen LogP contribution in [0.5, 0.6) is 11.5 Å². The molecule has 6 nitrogen and oxygen atoms in total. The van der Waals surface area contributed by atoms with Crippen molar-refractivity contribution in [2.24, 2.45) is 0 Å². The summed E-state index contributed by atoms with van der Waals surface area (Å²) in [6.07, 6.45) is 2.57. The van der Waals surface area contributed by atoms with Gasteiger partial charge in [-0.3, -0.25) is 9.59 Å². The van der Waals surface area contributed by atoms with E-state index in [2.05, 4.69) is 0 Å². The number of rotatable bonds is 7. The molecule has 0 aromatic heterocycles. The largest absolute Gasteiger partial charge is 0.493 e. The Morgan fingerprint density at radius 3 is 2.00 bits per heavy atom. The lowest BCUT2D eigenvalue weighted by Gasteiger charge is -2.35. The molecule has 6 heteroatoms. The fourth-order valence-electron chi connectivity index (χ4n) is 3.02. The molecule has 1 heterocycles. The third-order valence-electron chi connectivity index (χ3n) is 4.52. The summed E-state index contributed by atoms with van der Waals surface area (Å²) in [7, 11) is 3.21. The van der Waals surface area contributed by atoms with E-state index in [0.717, 1.165) is 12.0 Å². The van der Waals surface area contributed by atoms with Crippen LogP contribution in [0.25, 0.3) is 0 Å². The molecule has 2 rings (SSSR count). The fourth-order valence-corrected chi connectivity index (χ4v) is 3.02. The maximum atomic E-state index is 12.4. The van der Waals surface area contributed by atoms with Crippen molar-refractivity contribution in [3.05, 3.63) is 23.8 Å². The van der Waals surface area contributed by atoms with Gasteiger partial charge in [0.1, 0.15) is 0 Å². The van der Waals surface area contributed by atoms with E-state index in [0.29, 0.717) is 56.9 Å². The van der Waals surface area contributed by atoms with Crippen molar-refractivity contribution < 1.29 is 19.1 Å². The topological polar surface area (TPSA) is 59.1 Å². The second-order valence-corrected chi connectivity index (χ2v) is 6.20. The first-order chi connectivity index (χ1) is 12.1. The van der Waals surface area contributed by atoms with Gasteiger partial charge < -0.3 is 19.3 Å². The Balaban J connectivity index is 1.82. The lowest BCUT2D eigenvalue weighted by molar-refractivity contribution is -0.139. The van der Waals surface area contributed by atoms with Crippen LogP contribution < -0.4 is 9.47 Å². The molecular formula is C19H28N2O4. The van der Waals surface area contributed by atoms with E-state index < -0.39 is 0 Å². The van der Waals surface area contributed by atoms with E-state index in [4.69, 9.17) is 9.47 Å². The summed E-state index contributed by atoms with van der Waals surface area (Å²) in [5.41, 5.74) is 1.04. The highest BCUT2D eigenvalue weighted by atomic mass is 16.5. The summed E-state index contributed by atoms with van der Waals surface area (Å²) < 4.78 is 10.5. The van der Waals surface area contributed by atoms with Crippen LogP contribution in [0.4, 0.5) is 0 Å². The number of aryl methyl sites for hydroxylation is 1. The van der Waals surface area contributed by atoms with Crippen LogP contribution in [0.2, 0.25) is 0 Å². The van der Waals surface area contributed by atoms with Crippen LogP contribution in [0.1, 0.15) is 31.7 Å². The molecule has 0 bridgehead atoms. The van der Waals surface area contributed by atoms with E-state index in [-0.39, 0.29) is 11.8 Å². The molecule has 0 atom stereocenters. The second-order valence-electron chi connectivity index (χ2n) is 6.20. The maximum Gasteiger partial charge on any atom is 0.223 e. The predicted molar refractivity (Wildman–Crippen MR) is 95.9 cm³/mol. The first-order valence-corrected chi connectivity index (χ1v) is 8.85. The van der Waals surface area contributed by atoms with E-state index in [9.17, 15) is 9.59 Å². The van der Waals surface area contributed by atoms with Crippen molar-refractivity contribution in [2.75, 3.05) is 40.4 Å². The van der Waals surface area contributed by atoms with E-state index in [1.165, 1.54) is 0 Å². The molecule has 1 fully saturated rings. The van der Waals surface area contributed by atoms with Crippen molar-refractivity contribution in [3.63, 3.8) is 0 Å². The van der Waals surface area contributed by atoms with Gasteiger partial charge in [0.05, 0.1) is 14.2 Å². The Morgan fingerprint density at radius 2 is 1.48 bits per heavy atom. The minimum Gasteiger partial charge on any atom is -0.493 e. The van der Waals surface area contributed by atoms with Crippen molar-refractivity contribution in [1.82, 2.24) is 9.80 Å². The van der Waals surface area contributed by atoms with Crippen LogP contribution >= 0.6 is 0 Å². The Morgan fingerprint density at radius 1 is 0.920 bits per heavy atom. The summed E-state index contributed by atoms with van der Waals surface area (Å²) in [5.74, 6) is 1.69. The van der Waals surface area contributed by atoms with Gasteiger partial charge in [0.15, 0.2) is 11.5 Å². The first kappa shape index (κ1) is 19.1. The number of benzene rings is 1. The second kappa shape index (κ2) is 9.30. The Labute approximate surface area is 149 Å². The summed E-state index contributed by atoms with van der Waals surface area (Å²) in [5, 5.41) is 0. The number of hydrogen-bond acceptors (Lipinski definition) is 4. The number of nitrogens with zero attached hydrogens (tertiary/aromatic N) is 2. The van der Waals surface area contributed by atoms with Crippen molar-refractivity contribution in [1.29, 1.82) is 0 Å². The summed E-state index contributed by atoms with van der Waals surface area (Å²) in [6.45, 7) is 4.54. The highest BCUT2D eigenvalue weighted by molar-refractivity contribution is 5.78. The standard InChI is InChI=1S/C19H28N2O4/c1-4-5-18(22)20-10-12-21(13-11-20)19(23)9-7-15-6-8-16(24-2)17(14-15)25-3/h6,8,14H,4-5,7,9-13H2,1-3H3. The van der Waals surface area contributed by atoms with Gasteiger partial charge in [0.25, 0.3) is 0 Å². The van der Waals surface area contributed by atoms with Gasteiger partial charge in [-0.2, -0.15) is 0 Å². The van der Waals surface area contributed by atoms with Crippen molar-refractivity contribution in [3.8, 4) is 11.5 Å². The predicted octanol–water partition coefficient (Wildman–Crippen LogP) is 2.11. The minimum absolute atomic E-state index is 0.136. The van der Waals surface area contributed by atoms with Crippen LogP contribution in [0.15, 0.2) is 18.2 Å². The number of methoxy groups -OCH3 is 2. The molecule has 1 saturated heterocycles. The number of carbonyl (C=O) groups is 2. The van der Waals surface area contributed by atoms with Gasteiger partial charge in [-0.15, -0.1) is 0 Å². The minimum atomic E-state index is 0.136. The Hall–Kier alpha value is -2.24. The van der Waals surface area contributed by atoms with Gasteiger partial charge in [-0.25, -0.2) is 0 Å². The molecule has 25 heavy (non-hydrogen) atoms. The van der Waals surface area contributed by atoms with Crippen LogP contribution in [-0.2, 0) is 16.0 Å². The normalized spacial score (nSPS) is 14.4. The molecule has 2 amide bonds. The van der Waals surface area contributed by atoms with E-state index in [1.807, 2.05) is 34.9 Å². The molecule has 1 aromatic rings. The highest BCUT2D eigenvalue weighted by Gasteiger charge is 2.23. The zero-order valence-electron chi connectivity index (χ0n) is 15.4. The smallest absolute Gasteiger partial charge is 0.223 e. The molecule has 1 aliphatic rings. The molecule has 0 spiro atoms. The SMILES string of the molecule is CCCC(=O)N1CCN(C(=O)CCc2ccc(OC)c(OC)c2)CC1. The monoisotopic (exact) mass is 348 g/mol. The summed E-state index contributed by atoms with van der Waals surface area (Å²) in [6, 6.07) is 5.72. The van der Waals surface area contributed by atoms with Gasteiger partial charge in [0, 0.05) is 39.0 Å². The Kier molecular flexibility index (Phi) is 7.10. The number of carbonyl (C=O) groups excluding carboxylic acids is 2. The molecule has 0 unspecified atom stereocenters. The number of hydrogen-bond donors (Lipinski definition) is 0. The van der Waals surface area contributed by atoms with E-state index in [1.54, 1.807) is 14.2 Å². The third kappa shape index (κ3) is 5.11. The van der Waals surface area contributed by atoms with Crippen molar-refractivity contribution >= 4 is 11.8 Å².